The Kier molecular flexibility index (Phi) is 4.50. The second-order valence-electron chi connectivity index (χ2n) is 7.52. The van der Waals surface area contributed by atoms with Crippen LogP contribution in [0.15, 0.2) is 9.59 Å². The van der Waals surface area contributed by atoms with Crippen molar-refractivity contribution in [3.8, 4) is 0 Å². The molecular weight excluding hydrogens is 320 g/mol. The zero-order valence-corrected chi connectivity index (χ0v) is 14.6. The number of amides is 1. The van der Waals surface area contributed by atoms with Crippen molar-refractivity contribution in [3.05, 3.63) is 32.1 Å². The van der Waals surface area contributed by atoms with Crippen LogP contribution in [0.2, 0.25) is 0 Å². The van der Waals surface area contributed by atoms with Gasteiger partial charge in [-0.15, -0.1) is 0 Å². The van der Waals surface area contributed by atoms with Gasteiger partial charge in [0.1, 0.15) is 0 Å². The zero-order chi connectivity index (χ0) is 17.4. The molecule has 3 aliphatic rings. The van der Waals surface area contributed by atoms with Gasteiger partial charge in [-0.05, 0) is 25.7 Å². The van der Waals surface area contributed by atoms with Crippen LogP contribution in [0.3, 0.4) is 0 Å². The topological polar surface area (TPSA) is 78.4 Å². The monoisotopic (exact) mass is 346 g/mol. The molecular formula is C18H26N4O3. The van der Waals surface area contributed by atoms with Gasteiger partial charge >= 0.3 is 5.69 Å². The van der Waals surface area contributed by atoms with E-state index in [9.17, 15) is 14.4 Å². The molecule has 2 aliphatic carbocycles. The van der Waals surface area contributed by atoms with Crippen LogP contribution in [0.5, 0.6) is 0 Å². The van der Waals surface area contributed by atoms with E-state index < -0.39 is 0 Å². The third-order valence-electron chi connectivity index (χ3n) is 6.14. The second kappa shape index (κ2) is 6.78. The maximum absolute atomic E-state index is 13.0. The summed E-state index contributed by atoms with van der Waals surface area (Å²) in [5.74, 6) is 0. The molecule has 0 radical (unpaired) electrons. The molecule has 1 amide bonds. The van der Waals surface area contributed by atoms with E-state index in [0.717, 1.165) is 69.3 Å². The number of nitrogens with one attached hydrogen (secondary N) is 1. The average molecular weight is 346 g/mol. The number of aromatic nitrogens is 2. The summed E-state index contributed by atoms with van der Waals surface area (Å²) in [6.07, 6.45) is 7.74. The Labute approximate surface area is 146 Å². The van der Waals surface area contributed by atoms with Crippen molar-refractivity contribution in [1.29, 1.82) is 0 Å². The smallest absolute Gasteiger partial charge is 0.328 e. The quantitative estimate of drug-likeness (QED) is 0.822. The number of carbonyl (C=O) groups is 1. The number of hydrogen-bond acceptors (Lipinski definition) is 4. The van der Waals surface area contributed by atoms with Crippen molar-refractivity contribution in [3.63, 3.8) is 0 Å². The first-order valence-corrected chi connectivity index (χ1v) is 9.50. The van der Waals surface area contributed by atoms with Crippen LogP contribution in [0.4, 0.5) is 0 Å². The van der Waals surface area contributed by atoms with E-state index in [1.165, 1.54) is 11.0 Å². The van der Waals surface area contributed by atoms with Gasteiger partial charge in [-0.25, -0.2) is 4.79 Å². The normalized spacial score (nSPS) is 25.1. The van der Waals surface area contributed by atoms with Crippen LogP contribution >= 0.6 is 0 Å². The number of rotatable bonds is 3. The van der Waals surface area contributed by atoms with Gasteiger partial charge in [0, 0.05) is 43.5 Å². The van der Waals surface area contributed by atoms with E-state index in [-0.39, 0.29) is 23.3 Å². The average Bonchev–Trinajstić information content (AvgIpc) is 3.07. The summed E-state index contributed by atoms with van der Waals surface area (Å²) in [6.45, 7) is 2.99. The number of piperazine rings is 1. The van der Waals surface area contributed by atoms with Crippen molar-refractivity contribution in [2.45, 2.75) is 57.0 Å². The Morgan fingerprint density at radius 2 is 1.68 bits per heavy atom. The number of nitrogens with zero attached hydrogens (tertiary/aromatic N) is 3. The first-order valence-electron chi connectivity index (χ1n) is 9.50. The van der Waals surface area contributed by atoms with E-state index in [0.29, 0.717) is 13.1 Å². The summed E-state index contributed by atoms with van der Waals surface area (Å²) in [5, 5.41) is 0. The summed E-state index contributed by atoms with van der Waals surface area (Å²) in [6, 6.07) is 0.163. The maximum Gasteiger partial charge on any atom is 0.328 e. The molecule has 0 spiro atoms. The van der Waals surface area contributed by atoms with E-state index in [1.807, 2.05) is 0 Å². The van der Waals surface area contributed by atoms with Gasteiger partial charge in [0.05, 0.1) is 6.04 Å². The summed E-state index contributed by atoms with van der Waals surface area (Å²) < 4.78 is 1.49. The molecule has 1 unspecified atom stereocenters. The number of fused-ring (bicyclic) bond motifs is 1. The van der Waals surface area contributed by atoms with Crippen LogP contribution in [0, 0.1) is 0 Å². The molecule has 1 saturated carbocycles. The van der Waals surface area contributed by atoms with Crippen molar-refractivity contribution in [1.82, 2.24) is 19.4 Å². The summed E-state index contributed by atoms with van der Waals surface area (Å²) in [7, 11) is 0. The largest absolute Gasteiger partial charge is 0.343 e. The third kappa shape index (κ3) is 2.94. The van der Waals surface area contributed by atoms with Crippen molar-refractivity contribution in [2.75, 3.05) is 26.2 Å². The van der Waals surface area contributed by atoms with Gasteiger partial charge in [-0.2, -0.15) is 0 Å². The molecule has 1 aromatic rings. The highest BCUT2D eigenvalue weighted by atomic mass is 16.2. The molecule has 1 N–H and O–H groups in total. The molecule has 1 atom stereocenters. The first-order chi connectivity index (χ1) is 12.2. The molecule has 1 aliphatic heterocycles. The lowest BCUT2D eigenvalue weighted by atomic mass is 9.95. The van der Waals surface area contributed by atoms with Crippen LogP contribution in [-0.4, -0.2) is 51.9 Å². The lowest BCUT2D eigenvalue weighted by Gasteiger charge is -2.36. The fraction of sp³-hybridized carbons (Fsp3) is 0.722. The predicted octanol–water partition coefficient (Wildman–Crippen LogP) is 0.803. The molecule has 2 fully saturated rings. The number of aromatic amines is 1. The van der Waals surface area contributed by atoms with Crippen LogP contribution < -0.4 is 11.2 Å². The Morgan fingerprint density at radius 1 is 0.960 bits per heavy atom. The zero-order valence-electron chi connectivity index (χ0n) is 14.6. The number of H-pyrrole nitrogens is 1. The SMILES string of the molecule is O=CN1CCN(C2CCc3c2[nH]c(=O)n(C2CCCCC2)c3=O)CC1. The number of carbonyl (C=O) groups excluding carboxylic acids is 1. The highest BCUT2D eigenvalue weighted by Crippen LogP contribution is 2.33. The molecule has 4 rings (SSSR count). The van der Waals surface area contributed by atoms with E-state index in [1.54, 1.807) is 4.90 Å². The molecule has 7 heteroatoms. The van der Waals surface area contributed by atoms with E-state index in [4.69, 9.17) is 0 Å². The fourth-order valence-corrected chi connectivity index (χ4v) is 4.75. The molecule has 2 heterocycles. The first kappa shape index (κ1) is 16.6. The molecule has 1 saturated heterocycles. The minimum atomic E-state index is -0.242. The summed E-state index contributed by atoms with van der Waals surface area (Å²) >= 11 is 0. The minimum Gasteiger partial charge on any atom is -0.343 e. The van der Waals surface area contributed by atoms with Crippen molar-refractivity contribution < 1.29 is 4.79 Å². The second-order valence-corrected chi connectivity index (χ2v) is 7.52. The lowest BCUT2D eigenvalue weighted by Crippen LogP contribution is -2.47. The van der Waals surface area contributed by atoms with E-state index in [2.05, 4.69) is 9.88 Å². The van der Waals surface area contributed by atoms with Gasteiger partial charge in [0.15, 0.2) is 0 Å². The molecule has 136 valence electrons. The van der Waals surface area contributed by atoms with Gasteiger partial charge < -0.3 is 9.88 Å². The van der Waals surface area contributed by atoms with Gasteiger partial charge in [-0.1, -0.05) is 19.3 Å². The molecule has 0 bridgehead atoms. The number of hydrogen-bond donors (Lipinski definition) is 1. The van der Waals surface area contributed by atoms with E-state index >= 15 is 0 Å². The summed E-state index contributed by atoms with van der Waals surface area (Å²) in [4.78, 5) is 43.6. The predicted molar refractivity (Wildman–Crippen MR) is 93.7 cm³/mol. The van der Waals surface area contributed by atoms with Crippen LogP contribution in [-0.2, 0) is 11.2 Å². The fourth-order valence-electron chi connectivity index (χ4n) is 4.75. The Balaban J connectivity index is 1.62. The van der Waals surface area contributed by atoms with Gasteiger partial charge in [-0.3, -0.25) is 19.1 Å². The van der Waals surface area contributed by atoms with Crippen molar-refractivity contribution in [2.24, 2.45) is 0 Å². The molecule has 0 aromatic carbocycles. The third-order valence-corrected chi connectivity index (χ3v) is 6.14. The molecule has 7 nitrogen and oxygen atoms in total. The van der Waals surface area contributed by atoms with Gasteiger partial charge in [0.2, 0.25) is 6.41 Å². The lowest BCUT2D eigenvalue weighted by molar-refractivity contribution is -0.120. The molecule has 1 aromatic heterocycles. The van der Waals surface area contributed by atoms with Crippen molar-refractivity contribution >= 4 is 6.41 Å². The summed E-state index contributed by atoms with van der Waals surface area (Å²) in [5.41, 5.74) is 1.31. The van der Waals surface area contributed by atoms with Gasteiger partial charge in [0.25, 0.3) is 5.56 Å². The van der Waals surface area contributed by atoms with Crippen LogP contribution in [0.25, 0.3) is 0 Å². The Hall–Kier alpha value is -1.89. The van der Waals surface area contributed by atoms with Crippen LogP contribution in [0.1, 0.15) is 61.9 Å². The highest BCUT2D eigenvalue weighted by molar-refractivity contribution is 5.47. The molecule has 25 heavy (non-hydrogen) atoms. The minimum absolute atomic E-state index is 0.0606. The Bertz CT molecular complexity index is 755. The maximum atomic E-state index is 13.0. The Morgan fingerprint density at radius 3 is 2.36 bits per heavy atom. The standard InChI is InChI=1S/C18H26N4O3/c23-12-20-8-10-21(11-9-20)15-7-6-14-16(15)19-18(25)22(17(14)24)13-4-2-1-3-5-13/h12-13,15H,1-11H2,(H,19,25). The highest BCUT2D eigenvalue weighted by Gasteiger charge is 2.34.